The molecule has 0 aliphatic heterocycles. The number of hydrogen-bond acceptors (Lipinski definition) is 4. The standard InChI is InChI=1S/C17H15F2N3O3S/c1-2-9-26(24,25)22-13-8-7-11(18)14(15(13)19)16-20-12-6-4-3-5-10(12)17(23)21-16/h3-8,22H,2,9H2,1H3,(H,20,21,23). The Labute approximate surface area is 148 Å². The van der Waals surface area contributed by atoms with E-state index in [0.29, 0.717) is 6.42 Å². The van der Waals surface area contributed by atoms with Crippen LogP contribution in [0.3, 0.4) is 0 Å². The minimum absolute atomic E-state index is 0.204. The lowest BCUT2D eigenvalue weighted by Gasteiger charge is -2.12. The molecular formula is C17H15F2N3O3S. The van der Waals surface area contributed by atoms with Crippen LogP contribution in [0.15, 0.2) is 41.2 Å². The minimum Gasteiger partial charge on any atom is -0.306 e. The summed E-state index contributed by atoms with van der Waals surface area (Å²) in [6.07, 6.45) is 0.338. The number of anilines is 1. The quantitative estimate of drug-likeness (QED) is 0.713. The second-order valence-electron chi connectivity index (χ2n) is 5.64. The summed E-state index contributed by atoms with van der Waals surface area (Å²) in [6, 6.07) is 8.26. The second-order valence-corrected chi connectivity index (χ2v) is 7.48. The van der Waals surface area contributed by atoms with Gasteiger partial charge in [0, 0.05) is 0 Å². The lowest BCUT2D eigenvalue weighted by Crippen LogP contribution is -2.18. The first-order valence-electron chi connectivity index (χ1n) is 7.80. The summed E-state index contributed by atoms with van der Waals surface area (Å²) in [5, 5.41) is 0.275. The van der Waals surface area contributed by atoms with Crippen LogP contribution in [0, 0.1) is 11.6 Å². The summed E-state index contributed by atoms with van der Waals surface area (Å²) >= 11 is 0. The van der Waals surface area contributed by atoms with Crippen LogP contribution in [-0.2, 0) is 10.0 Å². The van der Waals surface area contributed by atoms with Crippen LogP contribution >= 0.6 is 0 Å². The van der Waals surface area contributed by atoms with Gasteiger partial charge in [-0.3, -0.25) is 9.52 Å². The van der Waals surface area contributed by atoms with E-state index in [9.17, 15) is 22.0 Å². The highest BCUT2D eigenvalue weighted by Crippen LogP contribution is 2.29. The molecule has 136 valence electrons. The number of halogens is 2. The Morgan fingerprint density at radius 1 is 1.15 bits per heavy atom. The average Bonchev–Trinajstić information content (AvgIpc) is 2.57. The van der Waals surface area contributed by atoms with Crippen molar-refractivity contribution in [2.75, 3.05) is 10.5 Å². The third kappa shape index (κ3) is 3.43. The number of aromatic nitrogens is 2. The van der Waals surface area contributed by atoms with E-state index in [-0.39, 0.29) is 22.5 Å². The molecule has 3 rings (SSSR count). The summed E-state index contributed by atoms with van der Waals surface area (Å²) < 4.78 is 54.9. The Morgan fingerprint density at radius 3 is 2.62 bits per heavy atom. The van der Waals surface area contributed by atoms with Crippen LogP contribution in [0.2, 0.25) is 0 Å². The molecule has 0 bridgehead atoms. The van der Waals surface area contributed by atoms with Crippen molar-refractivity contribution in [3.8, 4) is 11.4 Å². The third-order valence-corrected chi connectivity index (χ3v) is 5.16. The monoisotopic (exact) mass is 379 g/mol. The molecular weight excluding hydrogens is 364 g/mol. The van der Waals surface area contributed by atoms with Gasteiger partial charge in [0.2, 0.25) is 10.0 Å². The Balaban J connectivity index is 2.17. The Hall–Kier alpha value is -2.81. The highest BCUT2D eigenvalue weighted by molar-refractivity contribution is 7.92. The number of sulfonamides is 1. The molecule has 26 heavy (non-hydrogen) atoms. The van der Waals surface area contributed by atoms with Crippen molar-refractivity contribution in [1.82, 2.24) is 9.97 Å². The van der Waals surface area contributed by atoms with E-state index in [1.807, 2.05) is 0 Å². The van der Waals surface area contributed by atoms with Crippen molar-refractivity contribution in [2.45, 2.75) is 13.3 Å². The SMILES string of the molecule is CCCS(=O)(=O)Nc1ccc(F)c(-c2nc3ccccc3c(=O)[nH]2)c1F. The lowest BCUT2D eigenvalue weighted by molar-refractivity contribution is 0.586. The van der Waals surface area contributed by atoms with Gasteiger partial charge in [-0.05, 0) is 30.7 Å². The van der Waals surface area contributed by atoms with E-state index in [4.69, 9.17) is 0 Å². The van der Waals surface area contributed by atoms with E-state index in [2.05, 4.69) is 14.7 Å². The number of nitrogens with zero attached hydrogens (tertiary/aromatic N) is 1. The van der Waals surface area contributed by atoms with Crippen LogP contribution in [-0.4, -0.2) is 24.1 Å². The van der Waals surface area contributed by atoms with Crippen LogP contribution in [0.1, 0.15) is 13.3 Å². The molecule has 2 N–H and O–H groups in total. The van der Waals surface area contributed by atoms with Crippen LogP contribution in [0.4, 0.5) is 14.5 Å². The number of nitrogens with one attached hydrogen (secondary N) is 2. The maximum Gasteiger partial charge on any atom is 0.259 e. The number of hydrogen-bond donors (Lipinski definition) is 2. The molecule has 0 radical (unpaired) electrons. The Bertz CT molecular complexity index is 1140. The van der Waals surface area contributed by atoms with Gasteiger partial charge in [-0.15, -0.1) is 0 Å². The fraction of sp³-hybridized carbons (Fsp3) is 0.176. The molecule has 1 aromatic heterocycles. The van der Waals surface area contributed by atoms with Gasteiger partial charge in [-0.2, -0.15) is 0 Å². The van der Waals surface area contributed by atoms with Gasteiger partial charge in [-0.25, -0.2) is 22.2 Å². The Morgan fingerprint density at radius 2 is 1.88 bits per heavy atom. The zero-order valence-electron chi connectivity index (χ0n) is 13.7. The fourth-order valence-electron chi connectivity index (χ4n) is 2.54. The highest BCUT2D eigenvalue weighted by atomic mass is 32.2. The lowest BCUT2D eigenvalue weighted by atomic mass is 10.1. The van der Waals surface area contributed by atoms with Crippen LogP contribution < -0.4 is 10.3 Å². The summed E-state index contributed by atoms with van der Waals surface area (Å²) in [7, 11) is -3.77. The molecule has 9 heteroatoms. The third-order valence-electron chi connectivity index (χ3n) is 3.68. The van der Waals surface area contributed by atoms with Crippen molar-refractivity contribution in [2.24, 2.45) is 0 Å². The number of H-pyrrole nitrogens is 1. The summed E-state index contributed by atoms with van der Waals surface area (Å²) in [4.78, 5) is 18.6. The first kappa shape index (κ1) is 18.0. The van der Waals surface area contributed by atoms with Crippen molar-refractivity contribution < 1.29 is 17.2 Å². The van der Waals surface area contributed by atoms with Gasteiger partial charge >= 0.3 is 0 Å². The molecule has 2 aromatic carbocycles. The van der Waals surface area contributed by atoms with Gasteiger partial charge in [0.25, 0.3) is 5.56 Å². The number of fused-ring (bicyclic) bond motifs is 1. The van der Waals surface area contributed by atoms with Crippen molar-refractivity contribution >= 4 is 26.6 Å². The smallest absolute Gasteiger partial charge is 0.259 e. The van der Waals surface area contributed by atoms with Crippen molar-refractivity contribution in [1.29, 1.82) is 0 Å². The van der Waals surface area contributed by atoms with Gasteiger partial charge in [0.05, 0.1) is 27.9 Å². The zero-order chi connectivity index (χ0) is 18.9. The molecule has 0 aliphatic carbocycles. The molecule has 3 aromatic rings. The maximum atomic E-state index is 14.8. The molecule has 0 fully saturated rings. The predicted molar refractivity (Wildman–Crippen MR) is 95.4 cm³/mol. The largest absolute Gasteiger partial charge is 0.306 e. The highest BCUT2D eigenvalue weighted by Gasteiger charge is 2.21. The van der Waals surface area contributed by atoms with Gasteiger partial charge in [0.15, 0.2) is 5.82 Å². The van der Waals surface area contributed by atoms with Gasteiger partial charge < -0.3 is 4.98 Å². The summed E-state index contributed by atoms with van der Waals surface area (Å²) in [6.45, 7) is 1.66. The second kappa shape index (κ2) is 6.83. The molecule has 0 aliphatic rings. The van der Waals surface area contributed by atoms with Crippen LogP contribution in [0.25, 0.3) is 22.3 Å². The average molecular weight is 379 g/mol. The van der Waals surface area contributed by atoms with Crippen molar-refractivity contribution in [3.63, 3.8) is 0 Å². The van der Waals surface area contributed by atoms with Crippen LogP contribution in [0.5, 0.6) is 0 Å². The number of benzene rings is 2. The minimum atomic E-state index is -3.77. The predicted octanol–water partition coefficient (Wildman–Crippen LogP) is 3.02. The molecule has 1 heterocycles. The van der Waals surface area contributed by atoms with E-state index in [1.165, 1.54) is 12.1 Å². The van der Waals surface area contributed by atoms with Gasteiger partial charge in [-0.1, -0.05) is 19.1 Å². The topological polar surface area (TPSA) is 91.9 Å². The van der Waals surface area contributed by atoms with Gasteiger partial charge in [0.1, 0.15) is 11.6 Å². The fourth-order valence-corrected chi connectivity index (χ4v) is 3.67. The van der Waals surface area contributed by atoms with E-state index in [0.717, 1.165) is 12.1 Å². The molecule has 0 saturated heterocycles. The number of rotatable bonds is 5. The molecule has 0 atom stereocenters. The normalized spacial score (nSPS) is 11.7. The van der Waals surface area contributed by atoms with E-state index in [1.54, 1.807) is 19.1 Å². The maximum absolute atomic E-state index is 14.8. The first-order valence-corrected chi connectivity index (χ1v) is 9.45. The number of aromatic amines is 1. The Kier molecular flexibility index (Phi) is 4.73. The molecule has 0 spiro atoms. The van der Waals surface area contributed by atoms with E-state index >= 15 is 0 Å². The summed E-state index contributed by atoms with van der Waals surface area (Å²) in [5.74, 6) is -2.65. The molecule has 6 nitrogen and oxygen atoms in total. The number of para-hydroxylation sites is 1. The molecule has 0 amide bonds. The zero-order valence-corrected chi connectivity index (χ0v) is 14.5. The molecule has 0 saturated carbocycles. The summed E-state index contributed by atoms with van der Waals surface area (Å²) in [5.41, 5.74) is -1.31. The van der Waals surface area contributed by atoms with E-state index < -0.39 is 38.5 Å². The first-order chi connectivity index (χ1) is 12.3. The van der Waals surface area contributed by atoms with Crippen molar-refractivity contribution in [3.05, 3.63) is 58.4 Å². The molecule has 0 unspecified atom stereocenters.